The second kappa shape index (κ2) is 5.36. The number of benzene rings is 2. The molecule has 0 radical (unpaired) electrons. The predicted molar refractivity (Wildman–Crippen MR) is 79.0 cm³/mol. The molecule has 100 valence electrons. The third kappa shape index (κ3) is 2.27. The summed E-state index contributed by atoms with van der Waals surface area (Å²) in [5.41, 5.74) is 7.63. The van der Waals surface area contributed by atoms with Crippen LogP contribution in [-0.2, 0) is 0 Å². The summed E-state index contributed by atoms with van der Waals surface area (Å²) < 4.78 is 0. The lowest BCUT2D eigenvalue weighted by Gasteiger charge is -2.10. The largest absolute Gasteiger partial charge is 0.394 e. The monoisotopic (exact) mass is 265 g/mol. The second-order valence-electron chi connectivity index (χ2n) is 4.62. The van der Waals surface area contributed by atoms with Crippen molar-refractivity contribution in [3.8, 4) is 11.3 Å². The van der Waals surface area contributed by atoms with Crippen LogP contribution in [-0.4, -0.2) is 21.7 Å². The summed E-state index contributed by atoms with van der Waals surface area (Å²) in [4.78, 5) is 8.59. The molecule has 0 aliphatic carbocycles. The summed E-state index contributed by atoms with van der Waals surface area (Å²) >= 11 is 0. The minimum atomic E-state index is -0.551. The molecule has 0 spiro atoms. The Kier molecular flexibility index (Phi) is 3.41. The molecule has 0 aliphatic heterocycles. The summed E-state index contributed by atoms with van der Waals surface area (Å²) in [6.45, 7) is -0.168. The van der Waals surface area contributed by atoms with Crippen LogP contribution in [0.1, 0.15) is 11.9 Å². The third-order valence-electron chi connectivity index (χ3n) is 3.27. The average Bonchev–Trinajstić information content (AvgIpc) is 2.53. The number of hydrogen-bond acceptors (Lipinski definition) is 4. The van der Waals surface area contributed by atoms with E-state index in [2.05, 4.69) is 28.2 Å². The van der Waals surface area contributed by atoms with E-state index >= 15 is 0 Å². The van der Waals surface area contributed by atoms with E-state index in [0.717, 1.165) is 22.0 Å². The molecule has 3 aromatic rings. The van der Waals surface area contributed by atoms with E-state index in [0.29, 0.717) is 5.82 Å². The molecule has 0 amide bonds. The Labute approximate surface area is 116 Å². The van der Waals surface area contributed by atoms with Crippen molar-refractivity contribution in [2.24, 2.45) is 5.73 Å². The highest BCUT2D eigenvalue weighted by molar-refractivity contribution is 5.95. The van der Waals surface area contributed by atoms with Crippen molar-refractivity contribution in [1.82, 2.24) is 9.97 Å². The van der Waals surface area contributed by atoms with E-state index in [1.807, 2.05) is 30.3 Å². The Hall–Kier alpha value is -2.30. The number of aliphatic hydroxyl groups is 1. The van der Waals surface area contributed by atoms with Crippen LogP contribution in [0.3, 0.4) is 0 Å². The Morgan fingerprint density at radius 1 is 1.05 bits per heavy atom. The van der Waals surface area contributed by atoms with E-state index < -0.39 is 6.04 Å². The maximum absolute atomic E-state index is 9.12. The van der Waals surface area contributed by atoms with E-state index in [-0.39, 0.29) is 6.61 Å². The average molecular weight is 265 g/mol. The quantitative estimate of drug-likeness (QED) is 0.762. The van der Waals surface area contributed by atoms with Gasteiger partial charge in [-0.2, -0.15) is 0 Å². The molecule has 20 heavy (non-hydrogen) atoms. The van der Waals surface area contributed by atoms with Crippen LogP contribution in [0.5, 0.6) is 0 Å². The van der Waals surface area contributed by atoms with Gasteiger partial charge in [-0.1, -0.05) is 42.5 Å². The van der Waals surface area contributed by atoms with Gasteiger partial charge in [-0.25, -0.2) is 9.97 Å². The number of aliphatic hydroxyl groups excluding tert-OH is 1. The lowest BCUT2D eigenvalue weighted by Crippen LogP contribution is -2.17. The number of hydrogen-bond donors (Lipinski definition) is 2. The van der Waals surface area contributed by atoms with Gasteiger partial charge >= 0.3 is 0 Å². The molecule has 4 heteroatoms. The van der Waals surface area contributed by atoms with Gasteiger partial charge in [0.15, 0.2) is 0 Å². The minimum absolute atomic E-state index is 0.168. The fraction of sp³-hybridized carbons (Fsp3) is 0.125. The van der Waals surface area contributed by atoms with Gasteiger partial charge in [-0.15, -0.1) is 0 Å². The second-order valence-corrected chi connectivity index (χ2v) is 4.62. The van der Waals surface area contributed by atoms with Crippen LogP contribution in [0.2, 0.25) is 0 Å². The molecule has 0 fully saturated rings. The molecule has 4 nitrogen and oxygen atoms in total. The van der Waals surface area contributed by atoms with Gasteiger partial charge in [0, 0.05) is 11.8 Å². The molecule has 0 bridgehead atoms. The van der Waals surface area contributed by atoms with Crippen LogP contribution >= 0.6 is 0 Å². The first-order valence-electron chi connectivity index (χ1n) is 6.47. The van der Waals surface area contributed by atoms with Crippen molar-refractivity contribution in [1.29, 1.82) is 0 Å². The first-order valence-corrected chi connectivity index (χ1v) is 6.47. The predicted octanol–water partition coefficient (Wildman–Crippen LogP) is 2.29. The molecule has 3 N–H and O–H groups in total. The van der Waals surface area contributed by atoms with Crippen LogP contribution in [0.25, 0.3) is 22.0 Å². The molecule has 1 unspecified atom stereocenters. The molecule has 0 aliphatic rings. The van der Waals surface area contributed by atoms with Crippen molar-refractivity contribution in [3.05, 3.63) is 60.6 Å². The first kappa shape index (κ1) is 12.7. The normalized spacial score (nSPS) is 12.5. The van der Waals surface area contributed by atoms with Gasteiger partial charge in [0.05, 0.1) is 18.3 Å². The number of nitrogens with zero attached hydrogens (tertiary/aromatic N) is 2. The number of nitrogens with two attached hydrogens (primary N) is 1. The third-order valence-corrected chi connectivity index (χ3v) is 3.27. The van der Waals surface area contributed by atoms with Gasteiger partial charge in [-0.3, -0.25) is 0 Å². The topological polar surface area (TPSA) is 72.0 Å². The summed E-state index contributed by atoms with van der Waals surface area (Å²) in [5.74, 6) is 0.456. The Morgan fingerprint density at radius 3 is 2.70 bits per heavy atom. The van der Waals surface area contributed by atoms with Crippen LogP contribution in [0, 0.1) is 0 Å². The lowest BCUT2D eigenvalue weighted by atomic mass is 10.0. The highest BCUT2D eigenvalue weighted by Crippen LogP contribution is 2.27. The standard InChI is InChI=1S/C16H15N3O/c17-14(10-20)16-18-9-8-15(19-16)13-7-3-5-11-4-1-2-6-12(11)13/h1-9,14,20H,10,17H2. The Balaban J connectivity index is 2.16. The molecular weight excluding hydrogens is 250 g/mol. The Bertz CT molecular complexity index is 737. The lowest BCUT2D eigenvalue weighted by molar-refractivity contribution is 0.263. The molecule has 1 heterocycles. The van der Waals surface area contributed by atoms with Gasteiger partial charge < -0.3 is 10.8 Å². The highest BCUT2D eigenvalue weighted by atomic mass is 16.3. The zero-order valence-corrected chi connectivity index (χ0v) is 10.9. The van der Waals surface area contributed by atoms with Crippen LogP contribution in [0.4, 0.5) is 0 Å². The smallest absolute Gasteiger partial charge is 0.147 e. The van der Waals surface area contributed by atoms with Gasteiger partial charge in [0.1, 0.15) is 5.82 Å². The first-order chi connectivity index (χ1) is 9.79. The Morgan fingerprint density at radius 2 is 1.85 bits per heavy atom. The molecule has 0 saturated carbocycles. The van der Waals surface area contributed by atoms with Crippen molar-refractivity contribution in [3.63, 3.8) is 0 Å². The minimum Gasteiger partial charge on any atom is -0.394 e. The summed E-state index contributed by atoms with van der Waals surface area (Å²) in [7, 11) is 0. The van der Waals surface area contributed by atoms with Crippen molar-refractivity contribution in [2.45, 2.75) is 6.04 Å². The molecule has 2 aromatic carbocycles. The van der Waals surface area contributed by atoms with E-state index in [9.17, 15) is 0 Å². The summed E-state index contributed by atoms with van der Waals surface area (Å²) in [6, 6.07) is 15.6. The maximum atomic E-state index is 9.12. The molecule has 1 atom stereocenters. The van der Waals surface area contributed by atoms with Gasteiger partial charge in [0.25, 0.3) is 0 Å². The van der Waals surface area contributed by atoms with E-state index in [1.54, 1.807) is 6.20 Å². The van der Waals surface area contributed by atoms with Gasteiger partial charge in [-0.05, 0) is 16.8 Å². The van der Waals surface area contributed by atoms with Gasteiger partial charge in [0.2, 0.25) is 0 Å². The molecular formula is C16H15N3O. The van der Waals surface area contributed by atoms with Crippen LogP contribution < -0.4 is 5.73 Å². The summed E-state index contributed by atoms with van der Waals surface area (Å²) in [6.07, 6.45) is 1.68. The molecule has 1 aromatic heterocycles. The van der Waals surface area contributed by atoms with Crippen molar-refractivity contribution < 1.29 is 5.11 Å². The number of aromatic nitrogens is 2. The SMILES string of the molecule is NC(CO)c1nccc(-c2cccc3ccccc23)n1. The zero-order valence-electron chi connectivity index (χ0n) is 10.9. The van der Waals surface area contributed by atoms with E-state index in [1.165, 1.54) is 0 Å². The number of rotatable bonds is 3. The fourth-order valence-corrected chi connectivity index (χ4v) is 2.23. The zero-order chi connectivity index (χ0) is 13.9. The number of fused-ring (bicyclic) bond motifs is 1. The summed E-state index contributed by atoms with van der Waals surface area (Å²) in [5, 5.41) is 11.4. The molecule has 0 saturated heterocycles. The fourth-order valence-electron chi connectivity index (χ4n) is 2.23. The molecule has 3 rings (SSSR count). The maximum Gasteiger partial charge on any atom is 0.147 e. The van der Waals surface area contributed by atoms with E-state index in [4.69, 9.17) is 10.8 Å². The highest BCUT2D eigenvalue weighted by Gasteiger charge is 2.10. The van der Waals surface area contributed by atoms with Crippen molar-refractivity contribution in [2.75, 3.05) is 6.61 Å². The van der Waals surface area contributed by atoms with Crippen LogP contribution in [0.15, 0.2) is 54.7 Å². The van der Waals surface area contributed by atoms with Crippen molar-refractivity contribution >= 4 is 10.8 Å².